The highest BCUT2D eigenvalue weighted by molar-refractivity contribution is 5.83. The summed E-state index contributed by atoms with van der Waals surface area (Å²) >= 11 is 0. The fourth-order valence-corrected chi connectivity index (χ4v) is 2.81. The number of aromatic nitrogens is 1. The first kappa shape index (κ1) is 10.6. The molecule has 1 aromatic heterocycles. The molecular weight excluding hydrogens is 232 g/mol. The molecule has 1 aliphatic rings. The van der Waals surface area contributed by atoms with E-state index in [0.29, 0.717) is 0 Å². The molecule has 0 bridgehead atoms. The molecule has 2 heterocycles. The van der Waals surface area contributed by atoms with Crippen LogP contribution in [0.1, 0.15) is 5.56 Å². The van der Waals surface area contributed by atoms with Crippen LogP contribution in [0, 0.1) is 0 Å². The van der Waals surface area contributed by atoms with Crippen molar-refractivity contribution in [2.24, 2.45) is 0 Å². The third-order valence-electron chi connectivity index (χ3n) is 3.77. The van der Waals surface area contributed by atoms with Crippen molar-refractivity contribution in [3.05, 3.63) is 66.4 Å². The molecule has 2 aromatic carbocycles. The van der Waals surface area contributed by atoms with Gasteiger partial charge in [-0.15, -0.1) is 0 Å². The molecule has 0 aliphatic carbocycles. The summed E-state index contributed by atoms with van der Waals surface area (Å²) in [7, 11) is 0. The van der Waals surface area contributed by atoms with Gasteiger partial charge in [-0.05, 0) is 30.2 Å². The minimum absolute atomic E-state index is 1.04. The van der Waals surface area contributed by atoms with Gasteiger partial charge in [0, 0.05) is 17.6 Å². The van der Waals surface area contributed by atoms with Gasteiger partial charge in [0.05, 0.1) is 17.4 Å². The molecule has 0 saturated heterocycles. The lowest BCUT2D eigenvalue weighted by molar-refractivity contribution is 0.995. The van der Waals surface area contributed by atoms with Gasteiger partial charge in [0.1, 0.15) is 0 Å². The summed E-state index contributed by atoms with van der Waals surface area (Å²) < 4.78 is 0. The van der Waals surface area contributed by atoms with Gasteiger partial charge >= 0.3 is 0 Å². The van der Waals surface area contributed by atoms with Crippen LogP contribution in [0.25, 0.3) is 10.9 Å². The fraction of sp³-hybridized carbons (Fsp3) is 0.118. The van der Waals surface area contributed by atoms with Crippen LogP contribution >= 0.6 is 0 Å². The molecule has 0 N–H and O–H groups in total. The van der Waals surface area contributed by atoms with Gasteiger partial charge in [-0.25, -0.2) is 0 Å². The van der Waals surface area contributed by atoms with Crippen molar-refractivity contribution in [2.75, 3.05) is 11.4 Å². The molecule has 0 radical (unpaired) electrons. The Labute approximate surface area is 112 Å². The van der Waals surface area contributed by atoms with Crippen LogP contribution in [-0.2, 0) is 6.42 Å². The first-order valence-electron chi connectivity index (χ1n) is 6.62. The number of benzene rings is 2. The van der Waals surface area contributed by atoms with Gasteiger partial charge in [-0.3, -0.25) is 4.98 Å². The van der Waals surface area contributed by atoms with Crippen molar-refractivity contribution in [2.45, 2.75) is 6.42 Å². The van der Waals surface area contributed by atoms with E-state index in [1.54, 1.807) is 0 Å². The number of para-hydroxylation sites is 2. The summed E-state index contributed by atoms with van der Waals surface area (Å²) in [6.07, 6.45) is 3.09. The average Bonchev–Trinajstić information content (AvgIpc) is 2.91. The minimum atomic E-state index is 1.04. The predicted octanol–water partition coefficient (Wildman–Crippen LogP) is 3.93. The molecule has 2 nitrogen and oxygen atoms in total. The van der Waals surface area contributed by atoms with Crippen LogP contribution in [0.3, 0.4) is 0 Å². The lowest BCUT2D eigenvalue weighted by atomic mass is 10.1. The van der Waals surface area contributed by atoms with Crippen LogP contribution in [0.2, 0.25) is 0 Å². The van der Waals surface area contributed by atoms with Gasteiger partial charge in [0.25, 0.3) is 0 Å². The maximum absolute atomic E-state index is 4.56. The highest BCUT2D eigenvalue weighted by Gasteiger charge is 2.19. The van der Waals surface area contributed by atoms with E-state index >= 15 is 0 Å². The topological polar surface area (TPSA) is 16.1 Å². The third-order valence-corrected chi connectivity index (χ3v) is 3.77. The van der Waals surface area contributed by atoms with E-state index in [1.165, 1.54) is 22.3 Å². The van der Waals surface area contributed by atoms with Crippen molar-refractivity contribution < 1.29 is 0 Å². The van der Waals surface area contributed by atoms with E-state index in [9.17, 15) is 0 Å². The first-order valence-corrected chi connectivity index (χ1v) is 6.62. The Morgan fingerprint density at radius 1 is 0.947 bits per heavy atom. The maximum Gasteiger partial charge on any atom is 0.0703 e. The molecule has 0 atom stereocenters. The second kappa shape index (κ2) is 4.09. The Balaban J connectivity index is 1.83. The van der Waals surface area contributed by atoms with Gasteiger partial charge < -0.3 is 4.90 Å². The summed E-state index contributed by atoms with van der Waals surface area (Å²) in [6.45, 7) is 1.04. The lowest BCUT2D eigenvalue weighted by Crippen LogP contribution is -2.13. The molecular formula is C17H14N2. The van der Waals surface area contributed by atoms with E-state index in [2.05, 4.69) is 58.4 Å². The van der Waals surface area contributed by atoms with Gasteiger partial charge in [-0.1, -0.05) is 36.4 Å². The second-order valence-electron chi connectivity index (χ2n) is 4.92. The van der Waals surface area contributed by atoms with E-state index in [-0.39, 0.29) is 0 Å². The Kier molecular flexibility index (Phi) is 2.27. The first-order chi connectivity index (χ1) is 9.42. The number of anilines is 2. The minimum Gasteiger partial charge on any atom is -0.340 e. The van der Waals surface area contributed by atoms with Crippen LogP contribution in [0.5, 0.6) is 0 Å². The predicted molar refractivity (Wildman–Crippen MR) is 78.9 cm³/mol. The SMILES string of the molecule is c1ccc2c(c1)CCN2c1cnc2ccccc2c1. The molecule has 0 spiro atoms. The molecule has 0 unspecified atom stereocenters. The number of pyridine rings is 1. The largest absolute Gasteiger partial charge is 0.340 e. The molecule has 0 saturated carbocycles. The summed E-state index contributed by atoms with van der Waals surface area (Å²) in [4.78, 5) is 6.91. The number of hydrogen-bond acceptors (Lipinski definition) is 2. The lowest BCUT2D eigenvalue weighted by Gasteiger charge is -2.19. The standard InChI is InChI=1S/C17H14N2/c1-3-7-16-14(6-1)11-15(12-18-16)19-10-9-13-5-2-4-8-17(13)19/h1-8,11-12H,9-10H2. The zero-order chi connectivity index (χ0) is 12.7. The summed E-state index contributed by atoms with van der Waals surface area (Å²) in [5.41, 5.74) is 4.98. The van der Waals surface area contributed by atoms with Crippen LogP contribution in [0.15, 0.2) is 60.8 Å². The number of fused-ring (bicyclic) bond motifs is 2. The highest BCUT2D eigenvalue weighted by Crippen LogP contribution is 2.34. The molecule has 4 rings (SSSR count). The van der Waals surface area contributed by atoms with Crippen molar-refractivity contribution in [1.29, 1.82) is 0 Å². The zero-order valence-corrected chi connectivity index (χ0v) is 10.6. The molecule has 0 fully saturated rings. The summed E-state index contributed by atoms with van der Waals surface area (Å²) in [6, 6.07) is 19.1. The van der Waals surface area contributed by atoms with Crippen molar-refractivity contribution in [3.63, 3.8) is 0 Å². The summed E-state index contributed by atoms with van der Waals surface area (Å²) in [5, 5.41) is 1.20. The Morgan fingerprint density at radius 3 is 2.79 bits per heavy atom. The van der Waals surface area contributed by atoms with E-state index < -0.39 is 0 Å². The van der Waals surface area contributed by atoms with E-state index in [1.807, 2.05) is 12.3 Å². The number of hydrogen-bond donors (Lipinski definition) is 0. The van der Waals surface area contributed by atoms with Crippen molar-refractivity contribution >= 4 is 22.3 Å². The molecule has 1 aliphatic heterocycles. The van der Waals surface area contributed by atoms with Crippen molar-refractivity contribution in [3.8, 4) is 0 Å². The summed E-state index contributed by atoms with van der Waals surface area (Å²) in [5.74, 6) is 0. The third kappa shape index (κ3) is 1.68. The fourth-order valence-electron chi connectivity index (χ4n) is 2.81. The smallest absolute Gasteiger partial charge is 0.0703 e. The molecule has 0 amide bonds. The van der Waals surface area contributed by atoms with Gasteiger partial charge in [0.2, 0.25) is 0 Å². The molecule has 2 heteroatoms. The van der Waals surface area contributed by atoms with Gasteiger partial charge in [0.15, 0.2) is 0 Å². The average molecular weight is 246 g/mol. The quantitative estimate of drug-likeness (QED) is 0.646. The van der Waals surface area contributed by atoms with Gasteiger partial charge in [-0.2, -0.15) is 0 Å². The van der Waals surface area contributed by atoms with Crippen LogP contribution < -0.4 is 4.90 Å². The van der Waals surface area contributed by atoms with Crippen LogP contribution in [-0.4, -0.2) is 11.5 Å². The van der Waals surface area contributed by atoms with Crippen LogP contribution in [0.4, 0.5) is 11.4 Å². The molecule has 19 heavy (non-hydrogen) atoms. The molecule has 3 aromatic rings. The Bertz CT molecular complexity index is 749. The van der Waals surface area contributed by atoms with E-state index in [0.717, 1.165) is 18.5 Å². The Hall–Kier alpha value is -2.35. The highest BCUT2D eigenvalue weighted by atomic mass is 15.2. The normalized spacial score (nSPS) is 13.8. The van der Waals surface area contributed by atoms with Crippen molar-refractivity contribution in [1.82, 2.24) is 4.98 Å². The Morgan fingerprint density at radius 2 is 1.79 bits per heavy atom. The second-order valence-corrected chi connectivity index (χ2v) is 4.92. The number of rotatable bonds is 1. The molecule has 92 valence electrons. The monoisotopic (exact) mass is 246 g/mol. The maximum atomic E-state index is 4.56. The number of nitrogens with zero attached hydrogens (tertiary/aromatic N) is 2. The van der Waals surface area contributed by atoms with E-state index in [4.69, 9.17) is 0 Å². The zero-order valence-electron chi connectivity index (χ0n) is 10.6.